The van der Waals surface area contributed by atoms with Gasteiger partial charge in [-0.05, 0) is 17.9 Å². The van der Waals surface area contributed by atoms with Crippen molar-refractivity contribution in [3.63, 3.8) is 0 Å². The number of guanidine groups is 1. The smallest absolute Gasteiger partial charge is 0.250 e. The summed E-state index contributed by atoms with van der Waals surface area (Å²) in [6, 6.07) is 3.30. The van der Waals surface area contributed by atoms with Gasteiger partial charge < -0.3 is 10.6 Å². The van der Waals surface area contributed by atoms with Crippen LogP contribution >= 0.6 is 22.7 Å². The molecule has 0 aromatic carbocycles. The Bertz CT molecular complexity index is 753. The van der Waals surface area contributed by atoms with Gasteiger partial charge in [-0.2, -0.15) is 0 Å². The number of aryl methyl sites for hydroxylation is 1. The van der Waals surface area contributed by atoms with Crippen LogP contribution in [0.1, 0.15) is 16.8 Å². The Morgan fingerprint density at radius 2 is 2.17 bits per heavy atom. The first-order chi connectivity index (χ1) is 11.5. The molecule has 7 nitrogen and oxygen atoms in total. The average Bonchev–Trinajstić information content (AvgIpc) is 3.26. The number of aliphatic imine (C=N–C) groups is 1. The lowest BCUT2D eigenvalue weighted by Crippen LogP contribution is -2.41. The van der Waals surface area contributed by atoms with Crippen molar-refractivity contribution in [2.75, 3.05) is 20.1 Å². The van der Waals surface area contributed by atoms with Gasteiger partial charge >= 0.3 is 0 Å². The predicted molar refractivity (Wildman–Crippen MR) is 99.2 cm³/mol. The van der Waals surface area contributed by atoms with Crippen LogP contribution in [0, 0.1) is 0 Å². The first-order valence-electron chi connectivity index (χ1n) is 7.46. The maximum atomic E-state index is 12.0. The van der Waals surface area contributed by atoms with Gasteiger partial charge in [-0.3, -0.25) is 4.99 Å². The Kier molecular flexibility index (Phi) is 7.16. The highest BCUT2D eigenvalue weighted by molar-refractivity contribution is 7.91. The van der Waals surface area contributed by atoms with Gasteiger partial charge in [0.05, 0.1) is 6.54 Å². The summed E-state index contributed by atoms with van der Waals surface area (Å²) in [7, 11) is -1.75. The second kappa shape index (κ2) is 9.11. The van der Waals surface area contributed by atoms with Crippen LogP contribution < -0.4 is 15.4 Å². The summed E-state index contributed by atoms with van der Waals surface area (Å²) in [6.45, 7) is 3.40. The fourth-order valence-corrected chi connectivity index (χ4v) is 4.70. The highest BCUT2D eigenvalue weighted by Crippen LogP contribution is 2.14. The molecule has 2 aromatic heterocycles. The van der Waals surface area contributed by atoms with Crippen LogP contribution in [0.15, 0.2) is 32.9 Å². The minimum absolute atomic E-state index is 0.276. The van der Waals surface area contributed by atoms with E-state index in [1.54, 1.807) is 35.9 Å². The zero-order valence-corrected chi connectivity index (χ0v) is 16.0. The summed E-state index contributed by atoms with van der Waals surface area (Å²) < 4.78 is 26.8. The third-order valence-corrected chi connectivity index (χ3v) is 7.05. The highest BCUT2D eigenvalue weighted by atomic mass is 32.2. The van der Waals surface area contributed by atoms with Gasteiger partial charge in [0.1, 0.15) is 9.22 Å². The minimum Gasteiger partial charge on any atom is -0.355 e. The molecule has 2 rings (SSSR count). The van der Waals surface area contributed by atoms with Crippen molar-refractivity contribution in [2.24, 2.45) is 4.99 Å². The quantitative estimate of drug-likeness (QED) is 0.362. The molecule has 0 spiro atoms. The van der Waals surface area contributed by atoms with Gasteiger partial charge in [0.15, 0.2) is 5.96 Å². The summed E-state index contributed by atoms with van der Waals surface area (Å²) in [6.07, 6.45) is 2.87. The predicted octanol–water partition coefficient (Wildman–Crippen LogP) is 1.41. The molecule has 0 atom stereocenters. The summed E-state index contributed by atoms with van der Waals surface area (Å²) >= 11 is 2.86. The Balaban J connectivity index is 1.72. The van der Waals surface area contributed by atoms with Crippen molar-refractivity contribution in [1.82, 2.24) is 20.3 Å². The Hall–Kier alpha value is -1.49. The number of sulfonamides is 1. The zero-order chi connectivity index (χ0) is 17.4. The molecule has 10 heteroatoms. The lowest BCUT2D eigenvalue weighted by molar-refractivity contribution is 0.582. The van der Waals surface area contributed by atoms with E-state index in [1.165, 1.54) is 16.2 Å². The molecule has 2 heterocycles. The van der Waals surface area contributed by atoms with Crippen molar-refractivity contribution in [2.45, 2.75) is 24.1 Å². The third kappa shape index (κ3) is 5.55. The molecule has 0 saturated heterocycles. The Morgan fingerprint density at radius 3 is 2.79 bits per heavy atom. The first-order valence-corrected chi connectivity index (χ1v) is 10.6. The van der Waals surface area contributed by atoms with Crippen LogP contribution in [-0.2, 0) is 23.0 Å². The molecular formula is C14H21N5O2S3. The van der Waals surface area contributed by atoms with E-state index in [9.17, 15) is 8.42 Å². The topological polar surface area (TPSA) is 95.5 Å². The van der Waals surface area contributed by atoms with E-state index >= 15 is 0 Å². The minimum atomic E-state index is -3.42. The monoisotopic (exact) mass is 387 g/mol. The molecule has 0 aliphatic rings. The van der Waals surface area contributed by atoms with Crippen LogP contribution in [0.4, 0.5) is 0 Å². The third-order valence-electron chi connectivity index (χ3n) is 3.05. The van der Waals surface area contributed by atoms with E-state index in [1.807, 2.05) is 6.20 Å². The molecule has 0 fully saturated rings. The Labute approximate surface area is 150 Å². The van der Waals surface area contributed by atoms with Crippen LogP contribution in [-0.4, -0.2) is 39.5 Å². The summed E-state index contributed by atoms with van der Waals surface area (Å²) in [5.74, 6) is 0.610. The highest BCUT2D eigenvalue weighted by Gasteiger charge is 2.13. The second-order valence-corrected chi connectivity index (χ2v) is 8.90. The number of nitrogens with zero attached hydrogens (tertiary/aromatic N) is 2. The average molecular weight is 388 g/mol. The molecule has 24 heavy (non-hydrogen) atoms. The molecule has 0 saturated carbocycles. The van der Waals surface area contributed by atoms with Crippen molar-refractivity contribution >= 4 is 38.7 Å². The maximum absolute atomic E-state index is 12.0. The molecular weight excluding hydrogens is 366 g/mol. The van der Waals surface area contributed by atoms with Gasteiger partial charge in [-0.25, -0.2) is 18.1 Å². The standard InChI is InChI=1S/C14H21N5O2S3/c1-3-11-9-17-12(23-11)10-18-14(15-2)16-6-7-19-24(20,21)13-5-4-8-22-13/h4-5,8-9,19H,3,6-7,10H2,1-2H3,(H2,15,16,18). The number of rotatable bonds is 8. The van der Waals surface area contributed by atoms with E-state index in [2.05, 4.69) is 32.3 Å². The zero-order valence-electron chi connectivity index (χ0n) is 13.6. The molecule has 0 aliphatic carbocycles. The van der Waals surface area contributed by atoms with Crippen LogP contribution in [0.25, 0.3) is 0 Å². The molecule has 0 bridgehead atoms. The van der Waals surface area contributed by atoms with Crippen molar-refractivity contribution in [3.8, 4) is 0 Å². The van der Waals surface area contributed by atoms with Gasteiger partial charge in [-0.1, -0.05) is 13.0 Å². The molecule has 0 unspecified atom stereocenters. The van der Waals surface area contributed by atoms with E-state index in [0.717, 1.165) is 11.4 Å². The number of thiazole rings is 1. The maximum Gasteiger partial charge on any atom is 0.250 e. The van der Waals surface area contributed by atoms with Crippen LogP contribution in [0.2, 0.25) is 0 Å². The van der Waals surface area contributed by atoms with Gasteiger partial charge in [-0.15, -0.1) is 22.7 Å². The number of thiophene rings is 1. The molecule has 3 N–H and O–H groups in total. The fraction of sp³-hybridized carbons (Fsp3) is 0.429. The molecule has 0 radical (unpaired) electrons. The SMILES string of the molecule is CCc1cnc(CNC(=NC)NCCNS(=O)(=O)c2cccs2)s1. The molecule has 0 aliphatic heterocycles. The van der Waals surface area contributed by atoms with Gasteiger partial charge in [0, 0.05) is 31.2 Å². The van der Waals surface area contributed by atoms with Crippen LogP contribution in [0.5, 0.6) is 0 Å². The van der Waals surface area contributed by atoms with E-state index in [4.69, 9.17) is 0 Å². The fourth-order valence-electron chi connectivity index (χ4n) is 1.83. The number of hydrogen-bond acceptors (Lipinski definition) is 6. The van der Waals surface area contributed by atoms with Crippen LogP contribution in [0.3, 0.4) is 0 Å². The first kappa shape index (κ1) is 18.8. The second-order valence-electron chi connectivity index (χ2n) is 4.76. The molecule has 0 amide bonds. The lowest BCUT2D eigenvalue weighted by Gasteiger charge is -2.11. The van der Waals surface area contributed by atoms with Gasteiger partial charge in [0.2, 0.25) is 10.0 Å². The summed E-state index contributed by atoms with van der Waals surface area (Å²) in [5.41, 5.74) is 0. The summed E-state index contributed by atoms with van der Waals surface area (Å²) in [5, 5.41) is 8.96. The number of aromatic nitrogens is 1. The van der Waals surface area contributed by atoms with Crippen molar-refractivity contribution < 1.29 is 8.42 Å². The van der Waals surface area contributed by atoms with E-state index < -0.39 is 10.0 Å². The largest absolute Gasteiger partial charge is 0.355 e. The van der Waals surface area contributed by atoms with Crippen molar-refractivity contribution in [1.29, 1.82) is 0 Å². The number of hydrogen-bond donors (Lipinski definition) is 3. The molecule has 2 aromatic rings. The summed E-state index contributed by atoms with van der Waals surface area (Å²) in [4.78, 5) is 9.69. The Morgan fingerprint density at radius 1 is 1.33 bits per heavy atom. The normalized spacial score (nSPS) is 12.3. The van der Waals surface area contributed by atoms with Gasteiger partial charge in [0.25, 0.3) is 0 Å². The lowest BCUT2D eigenvalue weighted by atomic mass is 10.4. The molecule has 132 valence electrons. The number of nitrogens with one attached hydrogen (secondary N) is 3. The van der Waals surface area contributed by atoms with Crippen molar-refractivity contribution in [3.05, 3.63) is 33.6 Å². The van der Waals surface area contributed by atoms with E-state index in [-0.39, 0.29) is 6.54 Å². The van der Waals surface area contributed by atoms with E-state index in [0.29, 0.717) is 23.3 Å².